The van der Waals surface area contributed by atoms with E-state index in [1.54, 1.807) is 0 Å². The average Bonchev–Trinajstić information content (AvgIpc) is 2.41. The van der Waals surface area contributed by atoms with Crippen molar-refractivity contribution >= 4 is 17.7 Å². The van der Waals surface area contributed by atoms with Crippen LogP contribution < -0.4 is 0 Å². The van der Waals surface area contributed by atoms with Gasteiger partial charge in [-0.15, -0.1) is 0 Å². The molecule has 0 bridgehead atoms. The summed E-state index contributed by atoms with van der Waals surface area (Å²) < 4.78 is 10.5. The van der Waals surface area contributed by atoms with Gasteiger partial charge in [0.25, 0.3) is 0 Å². The second kappa shape index (κ2) is 7.03. The van der Waals surface area contributed by atoms with Crippen molar-refractivity contribution in [2.75, 3.05) is 6.61 Å². The van der Waals surface area contributed by atoms with Crippen LogP contribution in [0.25, 0.3) is 0 Å². The first-order valence-corrected chi connectivity index (χ1v) is 6.75. The Kier molecular flexibility index (Phi) is 5.08. The standard InChI is InChI=1S/C15H14O3S/c1-12(16)18-14-8-7-13(17-11-14)9-10-19-15-5-3-2-4-6-15/h2-8,13-14H,11H2,1H3/t13-,14+/m1/s1. The number of carbonyl (C=O) groups is 1. The third kappa shape index (κ3) is 4.82. The van der Waals surface area contributed by atoms with Gasteiger partial charge >= 0.3 is 5.97 Å². The van der Waals surface area contributed by atoms with E-state index in [-0.39, 0.29) is 18.2 Å². The number of ether oxygens (including phenoxy) is 2. The number of esters is 1. The molecule has 4 heteroatoms. The lowest BCUT2D eigenvalue weighted by Gasteiger charge is -2.20. The van der Waals surface area contributed by atoms with Gasteiger partial charge in [0.05, 0.1) is 6.61 Å². The van der Waals surface area contributed by atoms with E-state index in [2.05, 4.69) is 11.2 Å². The maximum absolute atomic E-state index is 10.8. The molecule has 0 aromatic heterocycles. The predicted octanol–water partition coefficient (Wildman–Crippen LogP) is 2.63. The number of rotatable bonds is 2. The molecule has 98 valence electrons. The lowest BCUT2D eigenvalue weighted by molar-refractivity contribution is -0.147. The molecule has 1 aliphatic rings. The number of benzene rings is 1. The van der Waals surface area contributed by atoms with Crippen LogP contribution in [0, 0.1) is 11.2 Å². The monoisotopic (exact) mass is 274 g/mol. The Morgan fingerprint density at radius 3 is 2.79 bits per heavy atom. The zero-order chi connectivity index (χ0) is 13.5. The summed E-state index contributed by atoms with van der Waals surface area (Å²) >= 11 is 1.47. The van der Waals surface area contributed by atoms with E-state index in [1.165, 1.54) is 18.7 Å². The summed E-state index contributed by atoms with van der Waals surface area (Å²) in [4.78, 5) is 11.9. The highest BCUT2D eigenvalue weighted by atomic mass is 32.2. The van der Waals surface area contributed by atoms with Crippen molar-refractivity contribution in [1.29, 1.82) is 0 Å². The third-order valence-electron chi connectivity index (χ3n) is 2.37. The molecule has 0 radical (unpaired) electrons. The van der Waals surface area contributed by atoms with Gasteiger partial charge in [0.2, 0.25) is 0 Å². The van der Waals surface area contributed by atoms with Crippen LogP contribution in [0.3, 0.4) is 0 Å². The van der Waals surface area contributed by atoms with Crippen molar-refractivity contribution in [1.82, 2.24) is 0 Å². The molecule has 3 nitrogen and oxygen atoms in total. The highest BCUT2D eigenvalue weighted by Crippen LogP contribution is 2.15. The van der Waals surface area contributed by atoms with E-state index >= 15 is 0 Å². The fourth-order valence-electron chi connectivity index (χ4n) is 1.55. The summed E-state index contributed by atoms with van der Waals surface area (Å²) in [5, 5.41) is 3.01. The van der Waals surface area contributed by atoms with Crippen LogP contribution in [0.5, 0.6) is 0 Å². The summed E-state index contributed by atoms with van der Waals surface area (Å²) in [5.74, 6) is 2.70. The molecule has 0 unspecified atom stereocenters. The first kappa shape index (κ1) is 13.7. The Balaban J connectivity index is 1.84. The van der Waals surface area contributed by atoms with Gasteiger partial charge in [-0.25, -0.2) is 0 Å². The van der Waals surface area contributed by atoms with Gasteiger partial charge in [-0.1, -0.05) is 24.1 Å². The van der Waals surface area contributed by atoms with E-state index in [1.807, 2.05) is 42.5 Å². The zero-order valence-electron chi connectivity index (χ0n) is 10.5. The molecule has 2 rings (SSSR count). The van der Waals surface area contributed by atoms with E-state index in [0.717, 1.165) is 4.90 Å². The van der Waals surface area contributed by atoms with Crippen molar-refractivity contribution < 1.29 is 14.3 Å². The Hall–Kier alpha value is -1.70. The molecule has 1 aromatic carbocycles. The van der Waals surface area contributed by atoms with Crippen molar-refractivity contribution in [3.8, 4) is 11.2 Å². The molecule has 0 fully saturated rings. The quantitative estimate of drug-likeness (QED) is 0.359. The minimum Gasteiger partial charge on any atom is -0.456 e. The summed E-state index contributed by atoms with van der Waals surface area (Å²) in [6.45, 7) is 1.74. The van der Waals surface area contributed by atoms with Crippen LogP contribution >= 0.6 is 11.8 Å². The van der Waals surface area contributed by atoms with Crippen LogP contribution in [0.1, 0.15) is 6.92 Å². The average molecular weight is 274 g/mol. The lowest BCUT2D eigenvalue weighted by Crippen LogP contribution is -2.27. The van der Waals surface area contributed by atoms with Gasteiger partial charge in [-0.05, 0) is 41.3 Å². The summed E-state index contributed by atoms with van der Waals surface area (Å²) in [7, 11) is 0. The van der Waals surface area contributed by atoms with Gasteiger partial charge in [0.15, 0.2) is 0 Å². The Labute approximate surface area is 117 Å². The molecular formula is C15H14O3S. The number of carbonyl (C=O) groups excluding carboxylic acids is 1. The minimum absolute atomic E-state index is 0.233. The molecule has 0 N–H and O–H groups in total. The molecule has 0 aliphatic carbocycles. The number of hydrogen-bond donors (Lipinski definition) is 0. The second-order valence-electron chi connectivity index (χ2n) is 3.95. The van der Waals surface area contributed by atoms with Crippen LogP contribution in [-0.2, 0) is 14.3 Å². The molecule has 0 spiro atoms. The van der Waals surface area contributed by atoms with Crippen molar-refractivity contribution in [2.24, 2.45) is 0 Å². The van der Waals surface area contributed by atoms with Gasteiger partial charge in [0, 0.05) is 11.8 Å². The van der Waals surface area contributed by atoms with Crippen molar-refractivity contribution in [2.45, 2.75) is 24.0 Å². The first-order chi connectivity index (χ1) is 9.24. The number of hydrogen-bond acceptors (Lipinski definition) is 4. The molecule has 1 heterocycles. The lowest BCUT2D eigenvalue weighted by atomic mass is 10.2. The summed E-state index contributed by atoms with van der Waals surface area (Å²) in [6.07, 6.45) is 3.10. The summed E-state index contributed by atoms with van der Waals surface area (Å²) in [5.41, 5.74) is 0. The molecular weight excluding hydrogens is 260 g/mol. The van der Waals surface area contributed by atoms with Crippen molar-refractivity contribution in [3.05, 3.63) is 42.5 Å². The van der Waals surface area contributed by atoms with Crippen molar-refractivity contribution in [3.63, 3.8) is 0 Å². The van der Waals surface area contributed by atoms with E-state index in [9.17, 15) is 4.79 Å². The molecule has 0 amide bonds. The Bertz CT molecular complexity index is 513. The maximum Gasteiger partial charge on any atom is 0.303 e. The minimum atomic E-state index is -0.303. The second-order valence-corrected chi connectivity index (χ2v) is 4.83. The third-order valence-corrected chi connectivity index (χ3v) is 3.10. The zero-order valence-corrected chi connectivity index (χ0v) is 11.4. The topological polar surface area (TPSA) is 35.5 Å². The van der Waals surface area contributed by atoms with Gasteiger partial charge in [0.1, 0.15) is 12.2 Å². The fraction of sp³-hybridized carbons (Fsp3) is 0.267. The molecule has 1 aliphatic heterocycles. The molecule has 0 saturated heterocycles. The van der Waals surface area contributed by atoms with Gasteiger partial charge < -0.3 is 9.47 Å². The normalized spacial score (nSPS) is 21.3. The fourth-order valence-corrected chi connectivity index (χ4v) is 2.13. The smallest absolute Gasteiger partial charge is 0.303 e. The largest absolute Gasteiger partial charge is 0.456 e. The van der Waals surface area contributed by atoms with Gasteiger partial charge in [-0.3, -0.25) is 4.79 Å². The van der Waals surface area contributed by atoms with E-state index in [4.69, 9.17) is 9.47 Å². The molecule has 2 atom stereocenters. The molecule has 1 aromatic rings. The van der Waals surface area contributed by atoms with Crippen LogP contribution in [0.2, 0.25) is 0 Å². The van der Waals surface area contributed by atoms with E-state index < -0.39 is 0 Å². The maximum atomic E-state index is 10.8. The molecule has 19 heavy (non-hydrogen) atoms. The predicted molar refractivity (Wildman–Crippen MR) is 74.5 cm³/mol. The molecule has 0 saturated carbocycles. The highest BCUT2D eigenvalue weighted by molar-refractivity contribution is 8.03. The van der Waals surface area contributed by atoms with Gasteiger partial charge in [-0.2, -0.15) is 0 Å². The van der Waals surface area contributed by atoms with Crippen LogP contribution in [0.15, 0.2) is 47.4 Å². The van der Waals surface area contributed by atoms with Crippen LogP contribution in [0.4, 0.5) is 0 Å². The Morgan fingerprint density at radius 1 is 1.37 bits per heavy atom. The number of thioether (sulfide) groups is 1. The van der Waals surface area contributed by atoms with E-state index in [0.29, 0.717) is 6.61 Å². The van der Waals surface area contributed by atoms with Crippen LogP contribution in [-0.4, -0.2) is 24.8 Å². The summed E-state index contributed by atoms with van der Waals surface area (Å²) in [6, 6.07) is 9.94. The Morgan fingerprint density at radius 2 is 2.16 bits per heavy atom. The SMILES string of the molecule is CC(=O)O[C@H]1C=C[C@H](C#CSc2ccccc2)OC1. The highest BCUT2D eigenvalue weighted by Gasteiger charge is 2.16. The first-order valence-electron chi connectivity index (χ1n) is 5.93.